The molecule has 0 amide bonds. The fourth-order valence-electron chi connectivity index (χ4n) is 2.19. The molecule has 7 heteroatoms. The largest absolute Gasteiger partial charge is 0.337 e. The summed E-state index contributed by atoms with van der Waals surface area (Å²) in [6.07, 6.45) is 1.50. The maximum atomic E-state index is 12.4. The van der Waals surface area contributed by atoms with E-state index in [1.807, 2.05) is 35.0 Å². The van der Waals surface area contributed by atoms with Crippen molar-refractivity contribution in [2.24, 2.45) is 0 Å². The average Bonchev–Trinajstić information content (AvgIpc) is 3.21. The lowest BCUT2D eigenvalue weighted by atomic mass is 10.2. The number of nitrogens with zero attached hydrogens (tertiary/aromatic N) is 4. The van der Waals surface area contributed by atoms with Gasteiger partial charge in [0.2, 0.25) is 11.7 Å². The molecule has 0 spiro atoms. The van der Waals surface area contributed by atoms with Crippen molar-refractivity contribution in [3.63, 3.8) is 0 Å². The topological polar surface area (TPSA) is 73.8 Å². The number of fused-ring (bicyclic) bond motifs is 1. The highest BCUT2D eigenvalue weighted by molar-refractivity contribution is 7.08. The van der Waals surface area contributed by atoms with Gasteiger partial charge >= 0.3 is 0 Å². The second kappa shape index (κ2) is 5.19. The van der Waals surface area contributed by atoms with Crippen LogP contribution in [-0.4, -0.2) is 19.7 Å². The second-order valence-corrected chi connectivity index (χ2v) is 5.50. The van der Waals surface area contributed by atoms with Crippen LogP contribution in [0.2, 0.25) is 0 Å². The predicted molar refractivity (Wildman–Crippen MR) is 82.7 cm³/mol. The maximum absolute atomic E-state index is 12.4. The quantitative estimate of drug-likeness (QED) is 0.581. The SMILES string of the molecule is O=c1c2ccccc2ncn1Cc1nc(-c2ccsc2)no1. The Labute approximate surface area is 128 Å². The van der Waals surface area contributed by atoms with Gasteiger partial charge in [0.05, 0.1) is 17.2 Å². The highest BCUT2D eigenvalue weighted by atomic mass is 32.1. The van der Waals surface area contributed by atoms with Crippen LogP contribution in [0.4, 0.5) is 0 Å². The molecule has 108 valence electrons. The van der Waals surface area contributed by atoms with Gasteiger partial charge in [-0.2, -0.15) is 16.3 Å². The molecular weight excluding hydrogens is 300 g/mol. The zero-order valence-electron chi connectivity index (χ0n) is 11.3. The van der Waals surface area contributed by atoms with E-state index in [0.717, 1.165) is 5.56 Å². The van der Waals surface area contributed by atoms with Crippen molar-refractivity contribution in [2.45, 2.75) is 6.54 Å². The van der Waals surface area contributed by atoms with Crippen LogP contribution in [0.25, 0.3) is 22.3 Å². The Bertz CT molecular complexity index is 988. The van der Waals surface area contributed by atoms with Crippen LogP contribution < -0.4 is 5.56 Å². The van der Waals surface area contributed by atoms with E-state index in [9.17, 15) is 4.79 Å². The van der Waals surface area contributed by atoms with Crippen LogP contribution in [0, 0.1) is 0 Å². The average molecular weight is 310 g/mol. The van der Waals surface area contributed by atoms with Crippen molar-refractivity contribution in [3.8, 4) is 11.4 Å². The molecule has 0 saturated carbocycles. The molecule has 3 aromatic heterocycles. The Kier molecular flexibility index (Phi) is 3.05. The Morgan fingerprint density at radius 1 is 1.23 bits per heavy atom. The van der Waals surface area contributed by atoms with Gasteiger partial charge in [0, 0.05) is 10.9 Å². The summed E-state index contributed by atoms with van der Waals surface area (Å²) in [4.78, 5) is 21.0. The van der Waals surface area contributed by atoms with E-state index in [0.29, 0.717) is 22.6 Å². The van der Waals surface area contributed by atoms with Crippen LogP contribution in [0.5, 0.6) is 0 Å². The normalized spacial score (nSPS) is 11.1. The first-order chi connectivity index (χ1) is 10.8. The monoisotopic (exact) mass is 310 g/mol. The fourth-order valence-corrected chi connectivity index (χ4v) is 2.83. The lowest BCUT2D eigenvalue weighted by Crippen LogP contribution is -2.21. The minimum absolute atomic E-state index is 0.124. The Balaban J connectivity index is 1.69. The van der Waals surface area contributed by atoms with Crippen molar-refractivity contribution in [1.29, 1.82) is 0 Å². The molecule has 0 saturated heterocycles. The van der Waals surface area contributed by atoms with Gasteiger partial charge in [-0.05, 0) is 23.6 Å². The number of para-hydroxylation sites is 1. The van der Waals surface area contributed by atoms with Gasteiger partial charge < -0.3 is 4.52 Å². The molecule has 0 aliphatic carbocycles. The summed E-state index contributed by atoms with van der Waals surface area (Å²) in [5, 5.41) is 8.39. The lowest BCUT2D eigenvalue weighted by Gasteiger charge is -2.02. The molecule has 22 heavy (non-hydrogen) atoms. The lowest BCUT2D eigenvalue weighted by molar-refractivity contribution is 0.369. The van der Waals surface area contributed by atoms with E-state index in [2.05, 4.69) is 15.1 Å². The van der Waals surface area contributed by atoms with Gasteiger partial charge in [-0.1, -0.05) is 17.3 Å². The first-order valence-corrected chi connectivity index (χ1v) is 7.55. The summed E-state index contributed by atoms with van der Waals surface area (Å²) in [6, 6.07) is 9.15. The Morgan fingerprint density at radius 2 is 2.14 bits per heavy atom. The number of hydrogen-bond donors (Lipinski definition) is 0. The van der Waals surface area contributed by atoms with E-state index < -0.39 is 0 Å². The highest BCUT2D eigenvalue weighted by Crippen LogP contribution is 2.18. The van der Waals surface area contributed by atoms with Crippen molar-refractivity contribution in [1.82, 2.24) is 19.7 Å². The molecule has 0 atom stereocenters. The number of benzene rings is 1. The van der Waals surface area contributed by atoms with Gasteiger partial charge in [0.25, 0.3) is 5.56 Å². The van der Waals surface area contributed by atoms with Gasteiger partial charge in [-0.15, -0.1) is 0 Å². The highest BCUT2D eigenvalue weighted by Gasteiger charge is 2.11. The summed E-state index contributed by atoms with van der Waals surface area (Å²) in [6.45, 7) is 0.202. The zero-order valence-corrected chi connectivity index (χ0v) is 12.2. The van der Waals surface area contributed by atoms with Crippen LogP contribution in [0.3, 0.4) is 0 Å². The van der Waals surface area contributed by atoms with Crippen molar-refractivity contribution >= 4 is 22.2 Å². The van der Waals surface area contributed by atoms with Crippen LogP contribution in [0.15, 0.2) is 56.7 Å². The second-order valence-electron chi connectivity index (χ2n) is 4.72. The molecule has 0 radical (unpaired) electrons. The first kappa shape index (κ1) is 12.9. The molecule has 4 rings (SSSR count). The molecule has 0 bridgehead atoms. The minimum Gasteiger partial charge on any atom is -0.337 e. The van der Waals surface area contributed by atoms with Crippen LogP contribution >= 0.6 is 11.3 Å². The third kappa shape index (κ3) is 2.21. The number of hydrogen-bond acceptors (Lipinski definition) is 6. The molecular formula is C15H10N4O2S. The Morgan fingerprint density at radius 3 is 3.00 bits per heavy atom. The number of thiophene rings is 1. The zero-order chi connectivity index (χ0) is 14.9. The third-order valence-corrected chi connectivity index (χ3v) is 3.97. The molecule has 4 aromatic rings. The van der Waals surface area contributed by atoms with Gasteiger partial charge in [-0.3, -0.25) is 9.36 Å². The van der Waals surface area contributed by atoms with E-state index >= 15 is 0 Å². The van der Waals surface area contributed by atoms with Crippen molar-refractivity contribution in [3.05, 3.63) is 63.7 Å². The number of rotatable bonds is 3. The first-order valence-electron chi connectivity index (χ1n) is 6.60. The van der Waals surface area contributed by atoms with Gasteiger partial charge in [-0.25, -0.2) is 4.98 Å². The summed E-state index contributed by atoms with van der Waals surface area (Å²) >= 11 is 1.56. The van der Waals surface area contributed by atoms with Gasteiger partial charge in [0.15, 0.2) is 0 Å². The van der Waals surface area contributed by atoms with E-state index in [1.54, 1.807) is 17.4 Å². The molecule has 0 aliphatic heterocycles. The maximum Gasteiger partial charge on any atom is 0.261 e. The molecule has 0 unspecified atom stereocenters. The van der Waals surface area contributed by atoms with Gasteiger partial charge in [0.1, 0.15) is 6.54 Å². The smallest absolute Gasteiger partial charge is 0.261 e. The Hall–Kier alpha value is -2.80. The molecule has 6 nitrogen and oxygen atoms in total. The van der Waals surface area contributed by atoms with E-state index in [1.165, 1.54) is 10.9 Å². The number of aromatic nitrogens is 4. The van der Waals surface area contributed by atoms with E-state index in [-0.39, 0.29) is 12.1 Å². The molecule has 3 heterocycles. The predicted octanol–water partition coefficient (Wildman–Crippen LogP) is 2.56. The van der Waals surface area contributed by atoms with Crippen LogP contribution in [0.1, 0.15) is 5.89 Å². The molecule has 0 fully saturated rings. The fraction of sp³-hybridized carbons (Fsp3) is 0.0667. The summed E-state index contributed by atoms with van der Waals surface area (Å²) < 4.78 is 6.68. The van der Waals surface area contributed by atoms with E-state index in [4.69, 9.17) is 4.52 Å². The van der Waals surface area contributed by atoms with Crippen LogP contribution in [-0.2, 0) is 6.54 Å². The molecule has 0 aliphatic rings. The van der Waals surface area contributed by atoms with Crippen molar-refractivity contribution in [2.75, 3.05) is 0 Å². The third-order valence-electron chi connectivity index (χ3n) is 3.28. The van der Waals surface area contributed by atoms with Crippen molar-refractivity contribution < 1.29 is 4.52 Å². The molecule has 1 aromatic carbocycles. The minimum atomic E-state index is -0.124. The standard InChI is InChI=1S/C15H10N4O2S/c20-15-11-3-1-2-4-12(11)16-9-19(15)7-13-17-14(18-21-13)10-5-6-22-8-10/h1-6,8-9H,7H2. The summed E-state index contributed by atoms with van der Waals surface area (Å²) in [5.41, 5.74) is 1.46. The molecule has 0 N–H and O–H groups in total. The summed E-state index contributed by atoms with van der Waals surface area (Å²) in [5.74, 6) is 0.901. The summed E-state index contributed by atoms with van der Waals surface area (Å²) in [7, 11) is 0.